The molecule has 164 valence electrons. The van der Waals surface area contributed by atoms with Crippen LogP contribution in [-0.2, 0) is 19.1 Å². The first-order chi connectivity index (χ1) is 13.6. The van der Waals surface area contributed by atoms with E-state index in [1.165, 1.54) is 19.4 Å². The summed E-state index contributed by atoms with van der Waals surface area (Å²) in [6.07, 6.45) is 7.14. The Morgan fingerprint density at radius 1 is 1.07 bits per heavy atom. The van der Waals surface area contributed by atoms with E-state index in [0.29, 0.717) is 12.3 Å². The van der Waals surface area contributed by atoms with Gasteiger partial charge < -0.3 is 14.6 Å². The second-order valence-corrected chi connectivity index (χ2v) is 10.1. The molecule has 0 saturated heterocycles. The summed E-state index contributed by atoms with van der Waals surface area (Å²) in [5.41, 5.74) is 1.30. The van der Waals surface area contributed by atoms with Crippen LogP contribution in [0.3, 0.4) is 0 Å². The lowest BCUT2D eigenvalue weighted by atomic mass is 9.51. The summed E-state index contributed by atoms with van der Waals surface area (Å²) in [4.78, 5) is 23.5. The van der Waals surface area contributed by atoms with E-state index in [2.05, 4.69) is 20.4 Å². The lowest BCUT2D eigenvalue weighted by molar-refractivity contribution is -0.177. The molecule has 3 fully saturated rings. The third-order valence-corrected chi connectivity index (χ3v) is 8.60. The van der Waals surface area contributed by atoms with Gasteiger partial charge in [-0.2, -0.15) is 0 Å². The zero-order chi connectivity index (χ0) is 21.4. The van der Waals surface area contributed by atoms with Crippen molar-refractivity contribution >= 4 is 11.9 Å². The Morgan fingerprint density at radius 3 is 2.38 bits per heavy atom. The lowest BCUT2D eigenvalue weighted by Crippen LogP contribution is -2.54. The topological polar surface area (TPSA) is 72.8 Å². The number of ether oxygens (including phenoxy) is 2. The molecule has 7 unspecified atom stereocenters. The number of carbonyl (C=O) groups is 2. The van der Waals surface area contributed by atoms with Gasteiger partial charge in [-0.15, -0.1) is 0 Å². The van der Waals surface area contributed by atoms with E-state index in [1.807, 2.05) is 0 Å². The molecule has 3 saturated carbocycles. The number of aliphatic hydroxyl groups is 1. The highest BCUT2D eigenvalue weighted by atomic mass is 16.5. The van der Waals surface area contributed by atoms with E-state index >= 15 is 0 Å². The molecule has 0 spiro atoms. The van der Waals surface area contributed by atoms with Gasteiger partial charge in [0.1, 0.15) is 12.2 Å². The van der Waals surface area contributed by atoms with Crippen molar-refractivity contribution in [3.8, 4) is 0 Å². The van der Waals surface area contributed by atoms with Gasteiger partial charge in [0.05, 0.1) is 0 Å². The van der Waals surface area contributed by atoms with Gasteiger partial charge in [-0.1, -0.05) is 26.0 Å². The van der Waals surface area contributed by atoms with Crippen LogP contribution in [-0.4, -0.2) is 35.9 Å². The van der Waals surface area contributed by atoms with Gasteiger partial charge in [-0.3, -0.25) is 9.59 Å². The van der Waals surface area contributed by atoms with Crippen LogP contribution in [0.25, 0.3) is 0 Å². The molecule has 0 aromatic carbocycles. The first kappa shape index (κ1) is 22.3. The van der Waals surface area contributed by atoms with Crippen molar-refractivity contribution in [2.45, 2.75) is 91.3 Å². The fourth-order valence-corrected chi connectivity index (χ4v) is 6.86. The Kier molecular flexibility index (Phi) is 6.47. The van der Waals surface area contributed by atoms with Crippen molar-refractivity contribution < 1.29 is 24.2 Å². The molecular weight excluding hydrogens is 368 g/mol. The van der Waals surface area contributed by atoms with Crippen molar-refractivity contribution in [1.29, 1.82) is 0 Å². The van der Waals surface area contributed by atoms with Crippen LogP contribution in [0.5, 0.6) is 0 Å². The number of hydrogen-bond donors (Lipinski definition) is 1. The van der Waals surface area contributed by atoms with Gasteiger partial charge in [-0.25, -0.2) is 0 Å². The molecular formula is C24H38O5. The molecule has 1 N–H and O–H groups in total. The minimum atomic E-state index is -0.239. The second kappa shape index (κ2) is 8.41. The minimum Gasteiger partial charge on any atom is -0.463 e. The van der Waals surface area contributed by atoms with E-state index in [0.717, 1.165) is 44.9 Å². The summed E-state index contributed by atoms with van der Waals surface area (Å²) in [6.45, 7) is 12.0. The Labute approximate surface area is 175 Å². The summed E-state index contributed by atoms with van der Waals surface area (Å²) >= 11 is 0. The van der Waals surface area contributed by atoms with Crippen LogP contribution < -0.4 is 0 Å². The first-order valence-corrected chi connectivity index (χ1v) is 11.3. The monoisotopic (exact) mass is 406 g/mol. The van der Waals surface area contributed by atoms with Crippen molar-refractivity contribution in [3.63, 3.8) is 0 Å². The maximum atomic E-state index is 12.1. The fraction of sp³-hybridized carbons (Fsp3) is 0.833. The number of aliphatic hydroxyl groups excluding tert-OH is 1. The third-order valence-electron chi connectivity index (χ3n) is 8.60. The lowest BCUT2D eigenvalue weighted by Gasteiger charge is -2.56. The molecule has 0 amide bonds. The Bertz CT molecular complexity index is 658. The summed E-state index contributed by atoms with van der Waals surface area (Å²) in [5.74, 6) is 0.359. The third kappa shape index (κ3) is 4.12. The van der Waals surface area contributed by atoms with Crippen LogP contribution in [0.4, 0.5) is 0 Å². The predicted octanol–water partition coefficient (Wildman–Crippen LogP) is 4.42. The molecule has 29 heavy (non-hydrogen) atoms. The van der Waals surface area contributed by atoms with Gasteiger partial charge in [0.25, 0.3) is 0 Å². The molecule has 3 rings (SSSR count). The summed E-state index contributed by atoms with van der Waals surface area (Å²) in [7, 11) is 0. The maximum Gasteiger partial charge on any atom is 0.302 e. The number of fused-ring (bicyclic) bond motifs is 1. The van der Waals surface area contributed by atoms with Crippen molar-refractivity contribution in [2.24, 2.45) is 28.6 Å². The van der Waals surface area contributed by atoms with Crippen LogP contribution in [0, 0.1) is 28.6 Å². The van der Waals surface area contributed by atoms with Crippen molar-refractivity contribution in [1.82, 2.24) is 0 Å². The van der Waals surface area contributed by atoms with Gasteiger partial charge in [-0.05, 0) is 68.1 Å². The molecule has 3 aliphatic rings. The number of rotatable bonds is 5. The second-order valence-electron chi connectivity index (χ2n) is 10.1. The zero-order valence-corrected chi connectivity index (χ0v) is 18.5. The van der Waals surface area contributed by atoms with Crippen LogP contribution in [0.2, 0.25) is 0 Å². The highest BCUT2D eigenvalue weighted by Crippen LogP contribution is 2.62. The molecule has 7 atom stereocenters. The minimum absolute atomic E-state index is 0.0500. The summed E-state index contributed by atoms with van der Waals surface area (Å²) < 4.78 is 11.6. The van der Waals surface area contributed by atoms with Gasteiger partial charge in [0.15, 0.2) is 0 Å². The molecule has 0 heterocycles. The molecule has 0 aromatic heterocycles. The quantitative estimate of drug-likeness (QED) is 0.540. The van der Waals surface area contributed by atoms with E-state index in [1.54, 1.807) is 0 Å². The van der Waals surface area contributed by atoms with Crippen LogP contribution in [0.15, 0.2) is 12.2 Å². The number of hydrogen-bond acceptors (Lipinski definition) is 5. The molecule has 0 radical (unpaired) electrons. The molecule has 0 bridgehead atoms. The number of allylic oxidation sites excluding steroid dienone is 1. The largest absolute Gasteiger partial charge is 0.463 e. The molecule has 0 aliphatic heterocycles. The summed E-state index contributed by atoms with van der Waals surface area (Å²) in [5, 5.41) is 9.75. The Hall–Kier alpha value is -1.36. The van der Waals surface area contributed by atoms with Crippen LogP contribution in [0.1, 0.15) is 79.1 Å². The highest BCUT2D eigenvalue weighted by Gasteiger charge is 2.58. The van der Waals surface area contributed by atoms with E-state index in [4.69, 9.17) is 9.47 Å². The smallest absolute Gasteiger partial charge is 0.302 e. The Balaban J connectivity index is 1.89. The van der Waals surface area contributed by atoms with Crippen molar-refractivity contribution in [2.75, 3.05) is 6.61 Å². The normalized spacial score (nSPS) is 42.2. The standard InChI is InChI=1S/C24H38O5/c1-15-6-7-20-22(29-17(3)27)21(9-12-23(15,20)4)24(5)11-8-19(28-16(2)26)14-18(24)10-13-25/h18-22,25H,1,6-14H2,2-5H3. The number of carbonyl (C=O) groups excluding carboxylic acids is 2. The maximum absolute atomic E-state index is 12.1. The van der Waals surface area contributed by atoms with Crippen LogP contribution >= 0.6 is 0 Å². The van der Waals surface area contributed by atoms with Gasteiger partial charge >= 0.3 is 11.9 Å². The number of esters is 2. The first-order valence-electron chi connectivity index (χ1n) is 11.3. The zero-order valence-electron chi connectivity index (χ0n) is 18.5. The molecule has 5 heteroatoms. The van der Waals surface area contributed by atoms with E-state index in [9.17, 15) is 14.7 Å². The van der Waals surface area contributed by atoms with E-state index in [-0.39, 0.29) is 53.4 Å². The predicted molar refractivity (Wildman–Crippen MR) is 111 cm³/mol. The fourth-order valence-electron chi connectivity index (χ4n) is 6.86. The van der Waals surface area contributed by atoms with Gasteiger partial charge in [0.2, 0.25) is 0 Å². The average Bonchev–Trinajstić information content (AvgIpc) is 2.93. The summed E-state index contributed by atoms with van der Waals surface area (Å²) in [6, 6.07) is 0. The molecule has 3 aliphatic carbocycles. The highest BCUT2D eigenvalue weighted by molar-refractivity contribution is 5.66. The SMILES string of the molecule is C=C1CCC2C(OC(C)=O)C(C3(C)CCC(OC(C)=O)CC3CCO)CCC12C. The molecule has 5 nitrogen and oxygen atoms in total. The Morgan fingerprint density at radius 2 is 1.76 bits per heavy atom. The van der Waals surface area contributed by atoms with Gasteiger partial charge in [0, 0.05) is 32.3 Å². The molecule has 0 aromatic rings. The average molecular weight is 407 g/mol. The van der Waals surface area contributed by atoms with Crippen molar-refractivity contribution in [3.05, 3.63) is 12.2 Å². The van der Waals surface area contributed by atoms with E-state index < -0.39 is 0 Å².